The van der Waals surface area contributed by atoms with Gasteiger partial charge in [0.05, 0.1) is 36.5 Å². The molecular formula is C35H32FN5O5. The average molecular weight is 622 g/mol. The van der Waals surface area contributed by atoms with Gasteiger partial charge in [-0.25, -0.2) is 9.37 Å². The molecule has 1 saturated heterocycles. The number of aliphatic hydroxyl groups excluding tert-OH is 1. The van der Waals surface area contributed by atoms with Crippen LogP contribution in [0, 0.1) is 5.82 Å². The van der Waals surface area contributed by atoms with E-state index in [2.05, 4.69) is 10.3 Å². The number of pyridine rings is 3. The number of fused-ring (bicyclic) bond motifs is 1. The maximum absolute atomic E-state index is 15.2. The van der Waals surface area contributed by atoms with Gasteiger partial charge in [0.25, 0.3) is 17.0 Å². The summed E-state index contributed by atoms with van der Waals surface area (Å²) >= 11 is 0. The molecule has 7 rings (SSSR count). The van der Waals surface area contributed by atoms with Crippen molar-refractivity contribution in [2.75, 3.05) is 31.6 Å². The van der Waals surface area contributed by atoms with E-state index in [-0.39, 0.29) is 22.5 Å². The fraction of sp³-hybridized carbons (Fsp3) is 0.257. The van der Waals surface area contributed by atoms with Gasteiger partial charge < -0.3 is 24.6 Å². The second-order valence-electron chi connectivity index (χ2n) is 11.7. The number of aromatic nitrogens is 3. The standard InChI is InChI=1S/C35H32FN5O5/c1-39-19-25(17-29(34(39)44)38-31-8-7-23(18-37-31)33(43)40-11-13-46-14-12-40)26-3-2-4-30(27(26)20-42)41-10-9-22-15-24(21-5-6-21)16-28(36)32(22)35(41)45/h2-4,7-10,15-19,21,42H,5-6,11-14,20H2,1H3,(H,37,38). The number of benzene rings is 2. The zero-order valence-corrected chi connectivity index (χ0v) is 25.2. The zero-order valence-electron chi connectivity index (χ0n) is 25.2. The smallest absolute Gasteiger partial charge is 0.274 e. The number of carbonyl (C=O) groups is 1. The van der Waals surface area contributed by atoms with Gasteiger partial charge in [-0.05, 0) is 71.7 Å². The highest BCUT2D eigenvalue weighted by atomic mass is 19.1. The molecule has 1 saturated carbocycles. The highest BCUT2D eigenvalue weighted by molar-refractivity contribution is 5.94. The third-order valence-corrected chi connectivity index (χ3v) is 8.66. The predicted molar refractivity (Wildman–Crippen MR) is 172 cm³/mol. The molecular weight excluding hydrogens is 589 g/mol. The number of hydrogen-bond donors (Lipinski definition) is 2. The minimum atomic E-state index is -0.554. The second-order valence-corrected chi connectivity index (χ2v) is 11.7. The van der Waals surface area contributed by atoms with E-state index in [4.69, 9.17) is 4.74 Å². The number of nitrogens with zero attached hydrogens (tertiary/aromatic N) is 4. The summed E-state index contributed by atoms with van der Waals surface area (Å²) in [5.74, 6) is 0.0349. The lowest BCUT2D eigenvalue weighted by molar-refractivity contribution is 0.0302. The summed E-state index contributed by atoms with van der Waals surface area (Å²) in [6.07, 6.45) is 6.77. The molecule has 0 bridgehead atoms. The molecule has 1 aliphatic carbocycles. The quantitative estimate of drug-likeness (QED) is 0.275. The van der Waals surface area contributed by atoms with Crippen molar-refractivity contribution < 1.29 is 19.0 Å². The van der Waals surface area contributed by atoms with E-state index in [9.17, 15) is 19.5 Å². The van der Waals surface area contributed by atoms with Crippen molar-refractivity contribution in [3.8, 4) is 16.8 Å². The number of nitrogens with one attached hydrogen (secondary N) is 1. The van der Waals surface area contributed by atoms with Crippen LogP contribution in [0.3, 0.4) is 0 Å². The summed E-state index contributed by atoms with van der Waals surface area (Å²) in [5.41, 5.74) is 2.78. The van der Waals surface area contributed by atoms with Crippen LogP contribution < -0.4 is 16.4 Å². The predicted octanol–water partition coefficient (Wildman–Crippen LogP) is 4.48. The topological polar surface area (TPSA) is 119 Å². The molecule has 11 heteroatoms. The maximum atomic E-state index is 15.2. The molecule has 5 aromatic rings. The SMILES string of the molecule is Cn1cc(-c2cccc(-n3ccc4cc(C5CC5)cc(F)c4c3=O)c2CO)cc(Nc2ccc(C(=O)N3CCOCC3)cn2)c1=O. The summed E-state index contributed by atoms with van der Waals surface area (Å²) in [6, 6.07) is 15.2. The number of amides is 1. The van der Waals surface area contributed by atoms with Gasteiger partial charge in [-0.1, -0.05) is 18.2 Å². The molecule has 4 heterocycles. The number of hydrogen-bond acceptors (Lipinski definition) is 7. The summed E-state index contributed by atoms with van der Waals surface area (Å²) in [7, 11) is 1.61. The number of aryl methyl sites for hydroxylation is 1. The molecule has 2 fully saturated rings. The van der Waals surface area contributed by atoms with Crippen molar-refractivity contribution in [1.29, 1.82) is 0 Å². The van der Waals surface area contributed by atoms with Crippen LogP contribution in [-0.4, -0.2) is 56.3 Å². The molecule has 2 N–H and O–H groups in total. The number of ether oxygens (including phenoxy) is 1. The van der Waals surface area contributed by atoms with Crippen molar-refractivity contribution >= 4 is 28.2 Å². The van der Waals surface area contributed by atoms with E-state index in [1.54, 1.807) is 66.8 Å². The lowest BCUT2D eigenvalue weighted by atomic mass is 9.98. The van der Waals surface area contributed by atoms with Crippen LogP contribution in [-0.2, 0) is 18.4 Å². The number of rotatable bonds is 7. The largest absolute Gasteiger partial charge is 0.392 e. The monoisotopic (exact) mass is 621 g/mol. The zero-order chi connectivity index (χ0) is 31.9. The van der Waals surface area contributed by atoms with E-state index in [1.807, 2.05) is 6.07 Å². The van der Waals surface area contributed by atoms with Crippen LogP contribution in [0.1, 0.15) is 40.2 Å². The van der Waals surface area contributed by atoms with Crippen LogP contribution in [0.25, 0.3) is 27.6 Å². The minimum absolute atomic E-state index is 0.0000458. The van der Waals surface area contributed by atoms with E-state index in [0.29, 0.717) is 71.4 Å². The molecule has 0 unspecified atom stereocenters. The number of morpholine rings is 1. The fourth-order valence-electron chi connectivity index (χ4n) is 6.06. The van der Waals surface area contributed by atoms with Crippen molar-refractivity contribution in [3.05, 3.63) is 116 Å². The van der Waals surface area contributed by atoms with Gasteiger partial charge in [0.1, 0.15) is 17.3 Å². The molecule has 3 aromatic heterocycles. The Morgan fingerprint density at radius 3 is 2.59 bits per heavy atom. The molecule has 2 aliphatic rings. The van der Waals surface area contributed by atoms with E-state index < -0.39 is 18.0 Å². The molecule has 1 aliphatic heterocycles. The van der Waals surface area contributed by atoms with E-state index in [0.717, 1.165) is 18.4 Å². The third kappa shape index (κ3) is 5.48. The Morgan fingerprint density at radius 2 is 1.87 bits per heavy atom. The van der Waals surface area contributed by atoms with Crippen molar-refractivity contribution in [2.45, 2.75) is 25.4 Å². The van der Waals surface area contributed by atoms with Crippen molar-refractivity contribution in [1.82, 2.24) is 19.0 Å². The highest BCUT2D eigenvalue weighted by Gasteiger charge is 2.25. The Labute approximate surface area is 263 Å². The normalized spacial score (nSPS) is 14.9. The first-order valence-electron chi connectivity index (χ1n) is 15.2. The van der Waals surface area contributed by atoms with Crippen LogP contribution in [0.2, 0.25) is 0 Å². The van der Waals surface area contributed by atoms with Crippen LogP contribution >= 0.6 is 0 Å². The van der Waals surface area contributed by atoms with Gasteiger partial charge >= 0.3 is 0 Å². The van der Waals surface area contributed by atoms with Gasteiger partial charge in [0.2, 0.25) is 0 Å². The van der Waals surface area contributed by atoms with Gasteiger partial charge in [0, 0.05) is 49.9 Å². The number of carbonyl (C=O) groups excluding carboxylic acids is 1. The molecule has 10 nitrogen and oxygen atoms in total. The maximum Gasteiger partial charge on any atom is 0.274 e. The lowest BCUT2D eigenvalue weighted by Gasteiger charge is -2.26. The fourth-order valence-corrected chi connectivity index (χ4v) is 6.06. The van der Waals surface area contributed by atoms with Gasteiger partial charge in [0.15, 0.2) is 0 Å². The Balaban J connectivity index is 1.22. The Kier molecular flexibility index (Phi) is 7.71. The summed E-state index contributed by atoms with van der Waals surface area (Å²) in [5, 5.41) is 14.2. The third-order valence-electron chi connectivity index (χ3n) is 8.66. The van der Waals surface area contributed by atoms with E-state index >= 15 is 4.39 Å². The molecule has 46 heavy (non-hydrogen) atoms. The minimum Gasteiger partial charge on any atom is -0.392 e. The first-order valence-corrected chi connectivity index (χ1v) is 15.2. The van der Waals surface area contributed by atoms with Crippen LogP contribution in [0.5, 0.6) is 0 Å². The summed E-state index contributed by atoms with van der Waals surface area (Å²) in [4.78, 5) is 45.6. The molecule has 0 spiro atoms. The molecule has 1 amide bonds. The van der Waals surface area contributed by atoms with Crippen LogP contribution in [0.4, 0.5) is 15.9 Å². The molecule has 2 aromatic carbocycles. The first-order chi connectivity index (χ1) is 22.3. The number of aliphatic hydroxyl groups is 1. The second kappa shape index (κ2) is 12.0. The van der Waals surface area contributed by atoms with Gasteiger partial charge in [-0.3, -0.25) is 19.0 Å². The Hall–Kier alpha value is -5.13. The van der Waals surface area contributed by atoms with Gasteiger partial charge in [-0.15, -0.1) is 0 Å². The van der Waals surface area contributed by atoms with Crippen molar-refractivity contribution in [3.63, 3.8) is 0 Å². The average Bonchev–Trinajstić information content (AvgIpc) is 3.93. The van der Waals surface area contributed by atoms with Gasteiger partial charge in [-0.2, -0.15) is 0 Å². The summed E-state index contributed by atoms with van der Waals surface area (Å²) < 4.78 is 23.3. The van der Waals surface area contributed by atoms with Crippen molar-refractivity contribution in [2.24, 2.45) is 7.05 Å². The first kappa shape index (κ1) is 29.6. The Bertz CT molecular complexity index is 2100. The number of halogens is 1. The highest BCUT2D eigenvalue weighted by Crippen LogP contribution is 2.41. The molecule has 0 radical (unpaired) electrons. The Morgan fingerprint density at radius 1 is 1.07 bits per heavy atom. The van der Waals surface area contributed by atoms with E-state index in [1.165, 1.54) is 21.4 Å². The molecule has 234 valence electrons. The van der Waals surface area contributed by atoms with Crippen LogP contribution in [0.15, 0.2) is 82.8 Å². The summed E-state index contributed by atoms with van der Waals surface area (Å²) in [6.45, 7) is 1.62. The number of anilines is 2. The lowest BCUT2D eigenvalue weighted by Crippen LogP contribution is -2.40. The molecule has 0 atom stereocenters.